The maximum Gasteiger partial charge on any atom is 0.306 e. The molecule has 27 heavy (non-hydrogen) atoms. The molecule has 0 saturated heterocycles. The first-order chi connectivity index (χ1) is 13.2. The van der Waals surface area contributed by atoms with Crippen LogP contribution in [0.2, 0.25) is 0 Å². The van der Waals surface area contributed by atoms with Gasteiger partial charge in [-0.2, -0.15) is 0 Å². The molecule has 3 heteroatoms. The number of hydrogen-bond acceptors (Lipinski definition) is 2. The van der Waals surface area contributed by atoms with Gasteiger partial charge in [-0.05, 0) is 36.1 Å². The van der Waals surface area contributed by atoms with Crippen molar-refractivity contribution in [3.63, 3.8) is 0 Å². The lowest BCUT2D eigenvalue weighted by atomic mass is 9.85. The van der Waals surface area contributed by atoms with E-state index in [4.69, 9.17) is 4.74 Å². The van der Waals surface area contributed by atoms with E-state index in [9.17, 15) is 4.79 Å². The molecule has 1 aliphatic rings. The molecule has 0 unspecified atom stereocenters. The molecule has 0 aliphatic heterocycles. The maximum atomic E-state index is 12.6. The number of rotatable bonds is 8. The molecule has 0 radical (unpaired) electrons. The van der Waals surface area contributed by atoms with E-state index in [0.29, 0.717) is 13.0 Å². The van der Waals surface area contributed by atoms with Gasteiger partial charge in [0.05, 0.1) is 32.7 Å². The van der Waals surface area contributed by atoms with Crippen LogP contribution in [0, 0.1) is 0 Å². The Kier molecular flexibility index (Phi) is 6.83. The fourth-order valence-electron chi connectivity index (χ4n) is 3.86. The van der Waals surface area contributed by atoms with Crippen molar-refractivity contribution < 1.29 is 14.4 Å². The third-order valence-corrected chi connectivity index (χ3v) is 5.49. The van der Waals surface area contributed by atoms with Gasteiger partial charge >= 0.3 is 5.97 Å². The predicted molar refractivity (Wildman–Crippen MR) is 111 cm³/mol. The smallest absolute Gasteiger partial charge is 0.306 e. The Labute approximate surface area is 162 Å². The van der Waals surface area contributed by atoms with Gasteiger partial charge in [0, 0.05) is 12.3 Å². The van der Waals surface area contributed by atoms with Crippen LogP contribution in [0.4, 0.5) is 0 Å². The van der Waals surface area contributed by atoms with E-state index < -0.39 is 0 Å². The van der Waals surface area contributed by atoms with Crippen molar-refractivity contribution in [1.82, 2.24) is 0 Å². The SMILES string of the molecule is CC[NH+](CC)CCCOC(=O)CC1c2ccccc2C=Cc2ccccc21. The Balaban J connectivity index is 1.69. The van der Waals surface area contributed by atoms with Gasteiger partial charge in [-0.25, -0.2) is 0 Å². The highest BCUT2D eigenvalue weighted by atomic mass is 16.5. The van der Waals surface area contributed by atoms with E-state index in [1.54, 1.807) is 4.90 Å². The van der Waals surface area contributed by atoms with E-state index >= 15 is 0 Å². The van der Waals surface area contributed by atoms with Crippen LogP contribution < -0.4 is 4.90 Å². The lowest BCUT2D eigenvalue weighted by Gasteiger charge is -2.20. The Morgan fingerprint density at radius 1 is 0.926 bits per heavy atom. The van der Waals surface area contributed by atoms with Crippen LogP contribution >= 0.6 is 0 Å². The average Bonchev–Trinajstić information content (AvgIpc) is 2.86. The highest BCUT2D eigenvalue weighted by Crippen LogP contribution is 2.36. The Morgan fingerprint density at radius 2 is 1.48 bits per heavy atom. The number of nitrogens with one attached hydrogen (secondary N) is 1. The lowest BCUT2D eigenvalue weighted by molar-refractivity contribution is -0.896. The summed E-state index contributed by atoms with van der Waals surface area (Å²) >= 11 is 0. The van der Waals surface area contributed by atoms with Crippen molar-refractivity contribution in [3.05, 3.63) is 70.8 Å². The fraction of sp³-hybridized carbons (Fsp3) is 0.375. The second kappa shape index (κ2) is 9.52. The Morgan fingerprint density at radius 3 is 2.04 bits per heavy atom. The van der Waals surface area contributed by atoms with Gasteiger partial charge in [0.1, 0.15) is 0 Å². The zero-order valence-electron chi connectivity index (χ0n) is 16.4. The van der Waals surface area contributed by atoms with Gasteiger partial charge in [-0.15, -0.1) is 0 Å². The van der Waals surface area contributed by atoms with Gasteiger partial charge in [0.2, 0.25) is 0 Å². The molecule has 142 valence electrons. The van der Waals surface area contributed by atoms with Gasteiger partial charge < -0.3 is 9.64 Å². The van der Waals surface area contributed by atoms with E-state index in [1.807, 2.05) is 24.3 Å². The molecule has 0 aromatic heterocycles. The normalized spacial score (nSPS) is 13.1. The first-order valence-electron chi connectivity index (χ1n) is 10.1. The van der Waals surface area contributed by atoms with E-state index in [1.165, 1.54) is 22.3 Å². The second-order valence-corrected chi connectivity index (χ2v) is 7.13. The van der Waals surface area contributed by atoms with Gasteiger partial charge in [0.15, 0.2) is 0 Å². The minimum Gasteiger partial charge on any atom is -0.465 e. The Hall–Kier alpha value is -2.39. The lowest BCUT2D eigenvalue weighted by Crippen LogP contribution is -3.11. The number of quaternary nitrogens is 1. The summed E-state index contributed by atoms with van der Waals surface area (Å²) in [6.45, 7) is 8.19. The van der Waals surface area contributed by atoms with Crippen molar-refractivity contribution >= 4 is 18.1 Å². The molecule has 0 saturated carbocycles. The van der Waals surface area contributed by atoms with Crippen molar-refractivity contribution in [3.8, 4) is 0 Å². The molecule has 0 spiro atoms. The summed E-state index contributed by atoms with van der Waals surface area (Å²) in [5.41, 5.74) is 4.75. The molecule has 0 atom stereocenters. The first kappa shape index (κ1) is 19.4. The van der Waals surface area contributed by atoms with Gasteiger partial charge in [-0.1, -0.05) is 60.7 Å². The molecule has 2 aromatic rings. The maximum absolute atomic E-state index is 12.6. The number of benzene rings is 2. The second-order valence-electron chi connectivity index (χ2n) is 7.13. The number of fused-ring (bicyclic) bond motifs is 2. The molecule has 3 rings (SSSR count). The van der Waals surface area contributed by atoms with Crippen molar-refractivity contribution in [2.75, 3.05) is 26.2 Å². The molecular formula is C24H30NO2+. The minimum atomic E-state index is -0.110. The average molecular weight is 365 g/mol. The summed E-state index contributed by atoms with van der Waals surface area (Å²) in [6.07, 6.45) is 5.59. The van der Waals surface area contributed by atoms with Crippen LogP contribution in [-0.2, 0) is 9.53 Å². The van der Waals surface area contributed by atoms with E-state index in [0.717, 1.165) is 26.1 Å². The highest BCUT2D eigenvalue weighted by molar-refractivity contribution is 5.79. The van der Waals surface area contributed by atoms with Crippen LogP contribution in [0.3, 0.4) is 0 Å². The summed E-state index contributed by atoms with van der Waals surface area (Å²) < 4.78 is 5.58. The fourth-order valence-corrected chi connectivity index (χ4v) is 3.86. The zero-order chi connectivity index (χ0) is 19.1. The standard InChI is InChI=1S/C24H29NO2/c1-3-25(4-2)16-9-17-27-24(26)18-23-21-12-7-5-10-19(21)14-15-20-11-6-8-13-22(20)23/h5-8,10-15,23H,3-4,9,16-18H2,1-2H3/p+1. The molecule has 3 nitrogen and oxygen atoms in total. The predicted octanol–water partition coefficient (Wildman–Crippen LogP) is 3.55. The first-order valence-corrected chi connectivity index (χ1v) is 10.1. The Bertz CT molecular complexity index is 743. The molecule has 0 heterocycles. The summed E-state index contributed by atoms with van der Waals surface area (Å²) in [6, 6.07) is 16.7. The molecule has 1 N–H and O–H groups in total. The third kappa shape index (κ3) is 4.86. The molecule has 1 aliphatic carbocycles. The van der Waals surface area contributed by atoms with Gasteiger partial charge in [0.25, 0.3) is 0 Å². The molecular weight excluding hydrogens is 334 g/mol. The quantitative estimate of drug-likeness (QED) is 0.574. The van der Waals surface area contributed by atoms with Crippen molar-refractivity contribution in [2.24, 2.45) is 0 Å². The van der Waals surface area contributed by atoms with Crippen molar-refractivity contribution in [2.45, 2.75) is 32.6 Å². The molecule has 0 amide bonds. The highest BCUT2D eigenvalue weighted by Gasteiger charge is 2.24. The van der Waals surface area contributed by atoms with Crippen LogP contribution in [0.25, 0.3) is 12.2 Å². The number of carbonyl (C=O) groups is 1. The van der Waals surface area contributed by atoms with Crippen LogP contribution in [0.1, 0.15) is 54.9 Å². The summed E-state index contributed by atoms with van der Waals surface area (Å²) in [5, 5.41) is 0. The summed E-state index contributed by atoms with van der Waals surface area (Å²) in [5.74, 6) is -0.0747. The molecule has 2 aromatic carbocycles. The van der Waals surface area contributed by atoms with Crippen LogP contribution in [-0.4, -0.2) is 32.2 Å². The largest absolute Gasteiger partial charge is 0.465 e. The van der Waals surface area contributed by atoms with Gasteiger partial charge in [-0.3, -0.25) is 4.79 Å². The van der Waals surface area contributed by atoms with Crippen LogP contribution in [0.15, 0.2) is 48.5 Å². The topological polar surface area (TPSA) is 30.7 Å². The van der Waals surface area contributed by atoms with Crippen LogP contribution in [0.5, 0.6) is 0 Å². The molecule has 0 fully saturated rings. The summed E-state index contributed by atoms with van der Waals surface area (Å²) in [4.78, 5) is 14.1. The monoisotopic (exact) mass is 364 g/mol. The van der Waals surface area contributed by atoms with E-state index in [-0.39, 0.29) is 11.9 Å². The minimum absolute atomic E-state index is 0.0355. The zero-order valence-corrected chi connectivity index (χ0v) is 16.4. The number of carbonyl (C=O) groups excluding carboxylic acids is 1. The number of esters is 1. The van der Waals surface area contributed by atoms with Crippen molar-refractivity contribution in [1.29, 1.82) is 0 Å². The number of ether oxygens (including phenoxy) is 1. The number of hydrogen-bond donors (Lipinski definition) is 1. The van der Waals surface area contributed by atoms with E-state index in [2.05, 4.69) is 50.3 Å². The molecule has 0 bridgehead atoms. The summed E-state index contributed by atoms with van der Waals surface area (Å²) in [7, 11) is 0. The third-order valence-electron chi connectivity index (χ3n) is 5.49.